The molecule has 2 aromatic rings. The smallest absolute Gasteiger partial charge is 0.227 e. The molecular formula is C19H25N3O3S. The molecule has 0 aliphatic carbocycles. The lowest BCUT2D eigenvalue weighted by atomic mass is 10.0. The fraction of sp³-hybridized carbons (Fsp3) is 0.579. The summed E-state index contributed by atoms with van der Waals surface area (Å²) >= 11 is 1.61. The molecule has 0 bridgehead atoms. The lowest BCUT2D eigenvalue weighted by molar-refractivity contribution is -0.135. The number of nitrogens with zero attached hydrogens (tertiary/aromatic N) is 3. The number of likely N-dealkylation sites (tertiary alicyclic amines) is 1. The number of benzene rings is 1. The molecule has 1 aromatic carbocycles. The summed E-state index contributed by atoms with van der Waals surface area (Å²) in [5.74, 6) is 1.97. The number of amides is 1. The van der Waals surface area contributed by atoms with Crippen LogP contribution in [0.25, 0.3) is 10.2 Å². The first-order valence-electron chi connectivity index (χ1n) is 9.26. The Morgan fingerprint density at radius 2 is 1.85 bits per heavy atom. The predicted molar refractivity (Wildman–Crippen MR) is 103 cm³/mol. The molecule has 1 aromatic heterocycles. The van der Waals surface area contributed by atoms with Crippen molar-refractivity contribution in [1.29, 1.82) is 0 Å². The van der Waals surface area contributed by atoms with Gasteiger partial charge in [-0.3, -0.25) is 4.79 Å². The van der Waals surface area contributed by atoms with Crippen LogP contribution in [0.5, 0.6) is 11.5 Å². The summed E-state index contributed by atoms with van der Waals surface area (Å²) in [4.78, 5) is 21.9. The zero-order valence-electron chi connectivity index (χ0n) is 15.4. The van der Waals surface area contributed by atoms with Gasteiger partial charge in [-0.15, -0.1) is 0 Å². The highest BCUT2D eigenvalue weighted by Gasteiger charge is 2.33. The molecule has 4 rings (SSSR count). The van der Waals surface area contributed by atoms with E-state index in [0.717, 1.165) is 72.3 Å². The van der Waals surface area contributed by atoms with Crippen molar-refractivity contribution >= 4 is 32.6 Å². The van der Waals surface area contributed by atoms with Crippen molar-refractivity contribution in [3.05, 3.63) is 12.1 Å². The molecule has 140 valence electrons. The Labute approximate surface area is 157 Å². The van der Waals surface area contributed by atoms with E-state index in [1.165, 1.54) is 6.42 Å². The first kappa shape index (κ1) is 17.4. The second-order valence-electron chi connectivity index (χ2n) is 6.96. The maximum absolute atomic E-state index is 12.8. The molecule has 3 heterocycles. The minimum absolute atomic E-state index is 0.0869. The lowest BCUT2D eigenvalue weighted by Gasteiger charge is -2.29. The van der Waals surface area contributed by atoms with Crippen LogP contribution < -0.4 is 14.4 Å². The van der Waals surface area contributed by atoms with Crippen molar-refractivity contribution in [3.8, 4) is 11.5 Å². The minimum Gasteiger partial charge on any atom is -0.495 e. The van der Waals surface area contributed by atoms with Gasteiger partial charge in [0.25, 0.3) is 0 Å². The number of methoxy groups -OCH3 is 2. The van der Waals surface area contributed by atoms with E-state index in [1.807, 2.05) is 12.1 Å². The maximum Gasteiger partial charge on any atom is 0.227 e. The zero-order chi connectivity index (χ0) is 18.1. The number of rotatable bonds is 4. The normalized spacial score (nSPS) is 20.6. The Bertz CT molecular complexity index is 760. The van der Waals surface area contributed by atoms with Crippen LogP contribution in [0.4, 0.5) is 5.13 Å². The third-order valence-corrected chi connectivity index (χ3v) is 6.51. The number of carbonyl (C=O) groups is 1. The number of fused-ring (bicyclic) bond motifs is 1. The minimum atomic E-state index is 0.0869. The summed E-state index contributed by atoms with van der Waals surface area (Å²) in [6.45, 7) is 3.46. The topological polar surface area (TPSA) is 54.9 Å². The summed E-state index contributed by atoms with van der Waals surface area (Å²) in [7, 11) is 3.33. The van der Waals surface area contributed by atoms with Gasteiger partial charge in [-0.05, 0) is 37.8 Å². The Morgan fingerprint density at radius 3 is 2.58 bits per heavy atom. The van der Waals surface area contributed by atoms with Gasteiger partial charge >= 0.3 is 0 Å². The van der Waals surface area contributed by atoms with E-state index in [9.17, 15) is 4.79 Å². The number of aromatic nitrogens is 1. The standard InChI is InChI=1S/C19H25N3O3S/c1-24-14-6-7-15(25-2)17-16(14)20-19(26-17)22-11-8-13(12-22)18(23)21-9-4-3-5-10-21/h6-7,13H,3-5,8-12H2,1-2H3. The van der Waals surface area contributed by atoms with Crippen LogP contribution in [0, 0.1) is 5.92 Å². The zero-order valence-corrected chi connectivity index (χ0v) is 16.2. The van der Waals surface area contributed by atoms with Crippen molar-refractivity contribution < 1.29 is 14.3 Å². The number of carbonyl (C=O) groups excluding carboxylic acids is 1. The Balaban J connectivity index is 1.54. The van der Waals surface area contributed by atoms with Crippen molar-refractivity contribution in [2.75, 3.05) is 45.3 Å². The quantitative estimate of drug-likeness (QED) is 0.822. The van der Waals surface area contributed by atoms with Gasteiger partial charge in [-0.25, -0.2) is 4.98 Å². The Kier molecular flexibility index (Phi) is 4.89. The first-order valence-corrected chi connectivity index (χ1v) is 10.1. The van der Waals surface area contributed by atoms with Crippen LogP contribution in [0.2, 0.25) is 0 Å². The van der Waals surface area contributed by atoms with Crippen molar-refractivity contribution in [1.82, 2.24) is 9.88 Å². The molecule has 0 N–H and O–H groups in total. The van der Waals surface area contributed by atoms with E-state index in [4.69, 9.17) is 14.5 Å². The van der Waals surface area contributed by atoms with Crippen LogP contribution in [-0.4, -0.2) is 56.2 Å². The molecule has 7 heteroatoms. The fourth-order valence-electron chi connectivity index (χ4n) is 3.92. The molecule has 26 heavy (non-hydrogen) atoms. The molecule has 2 saturated heterocycles. The van der Waals surface area contributed by atoms with Gasteiger partial charge in [0, 0.05) is 26.2 Å². The third-order valence-electron chi connectivity index (χ3n) is 5.37. The summed E-state index contributed by atoms with van der Waals surface area (Å²) in [6.07, 6.45) is 4.43. The predicted octanol–water partition coefficient (Wildman–Crippen LogP) is 3.15. The number of thiazole rings is 1. The third kappa shape index (κ3) is 3.09. The highest BCUT2D eigenvalue weighted by atomic mass is 32.1. The van der Waals surface area contributed by atoms with E-state index in [-0.39, 0.29) is 5.92 Å². The molecular weight excluding hydrogens is 350 g/mol. The average molecular weight is 375 g/mol. The molecule has 0 radical (unpaired) electrons. The highest BCUT2D eigenvalue weighted by Crippen LogP contribution is 2.41. The number of ether oxygens (including phenoxy) is 2. The molecule has 6 nitrogen and oxygen atoms in total. The highest BCUT2D eigenvalue weighted by molar-refractivity contribution is 7.22. The van der Waals surface area contributed by atoms with E-state index >= 15 is 0 Å². The van der Waals surface area contributed by atoms with Crippen LogP contribution >= 0.6 is 11.3 Å². The Morgan fingerprint density at radius 1 is 1.12 bits per heavy atom. The molecule has 0 spiro atoms. The summed E-state index contributed by atoms with van der Waals surface area (Å²) < 4.78 is 11.9. The van der Waals surface area contributed by atoms with Gasteiger partial charge in [0.15, 0.2) is 5.13 Å². The van der Waals surface area contributed by atoms with E-state index in [1.54, 1.807) is 25.6 Å². The van der Waals surface area contributed by atoms with Crippen LogP contribution in [0.15, 0.2) is 12.1 Å². The Hall–Kier alpha value is -2.02. The summed E-state index contributed by atoms with van der Waals surface area (Å²) in [5.41, 5.74) is 0.831. The van der Waals surface area contributed by atoms with Gasteiger partial charge < -0.3 is 19.3 Å². The van der Waals surface area contributed by atoms with Crippen LogP contribution in [0.3, 0.4) is 0 Å². The summed E-state index contributed by atoms with van der Waals surface area (Å²) in [5, 5.41) is 0.941. The number of hydrogen-bond acceptors (Lipinski definition) is 6. The molecule has 2 fully saturated rings. The number of piperidine rings is 1. The fourth-order valence-corrected chi connectivity index (χ4v) is 5.03. The van der Waals surface area contributed by atoms with E-state index < -0.39 is 0 Å². The molecule has 0 saturated carbocycles. The van der Waals surface area contributed by atoms with Crippen molar-refractivity contribution in [2.24, 2.45) is 5.92 Å². The van der Waals surface area contributed by atoms with Gasteiger partial charge in [-0.1, -0.05) is 11.3 Å². The molecule has 2 aliphatic rings. The van der Waals surface area contributed by atoms with Gasteiger partial charge in [-0.2, -0.15) is 0 Å². The summed E-state index contributed by atoms with van der Waals surface area (Å²) in [6, 6.07) is 3.80. The monoisotopic (exact) mass is 375 g/mol. The largest absolute Gasteiger partial charge is 0.495 e. The molecule has 2 aliphatic heterocycles. The van der Waals surface area contributed by atoms with Gasteiger partial charge in [0.05, 0.1) is 20.1 Å². The second kappa shape index (κ2) is 7.31. The number of hydrogen-bond donors (Lipinski definition) is 0. The van der Waals surface area contributed by atoms with Crippen molar-refractivity contribution in [3.63, 3.8) is 0 Å². The van der Waals surface area contributed by atoms with Crippen LogP contribution in [-0.2, 0) is 4.79 Å². The molecule has 1 unspecified atom stereocenters. The van der Waals surface area contributed by atoms with Gasteiger partial charge in [0.1, 0.15) is 21.7 Å². The SMILES string of the molecule is COc1ccc(OC)c2sc(N3CCC(C(=O)N4CCCCC4)C3)nc12. The van der Waals surface area contributed by atoms with Crippen molar-refractivity contribution in [2.45, 2.75) is 25.7 Å². The van der Waals surface area contributed by atoms with E-state index in [0.29, 0.717) is 5.91 Å². The average Bonchev–Trinajstić information content (AvgIpc) is 3.34. The maximum atomic E-state index is 12.8. The lowest BCUT2D eigenvalue weighted by Crippen LogP contribution is -2.40. The second-order valence-corrected chi connectivity index (χ2v) is 7.94. The first-order chi connectivity index (χ1) is 12.7. The van der Waals surface area contributed by atoms with E-state index in [2.05, 4.69) is 9.80 Å². The number of anilines is 1. The molecule has 1 amide bonds. The molecule has 1 atom stereocenters. The van der Waals surface area contributed by atoms with Gasteiger partial charge in [0.2, 0.25) is 5.91 Å². The van der Waals surface area contributed by atoms with Crippen LogP contribution in [0.1, 0.15) is 25.7 Å².